The number of rotatable bonds is 6. The molecule has 0 amide bonds. The Kier molecular flexibility index (Phi) is 4.57. The van der Waals surface area contributed by atoms with Crippen LogP contribution in [-0.4, -0.2) is 23.7 Å². The van der Waals surface area contributed by atoms with Gasteiger partial charge >= 0.3 is 5.69 Å². The first kappa shape index (κ1) is 18.6. The summed E-state index contributed by atoms with van der Waals surface area (Å²) >= 11 is 3.50. The van der Waals surface area contributed by atoms with Gasteiger partial charge in [0.05, 0.1) is 17.6 Å². The van der Waals surface area contributed by atoms with Gasteiger partial charge in [0.1, 0.15) is 11.3 Å². The molecule has 0 atom stereocenters. The largest absolute Gasteiger partial charge is 0.329 e. The van der Waals surface area contributed by atoms with E-state index < -0.39 is 0 Å². The standard InChI is InChI=1S/C22H24BrN5O/c1-14(2)9-10-26-20(25-17-11-15(23)12-24-21(17)26)13-27-18-5-3-4-6-19(18)28(22(27)29)16-7-8-16/h3-6,11-12,14,16H,7-10,13H2,1-2H3. The molecule has 4 aromatic rings. The second-order valence-electron chi connectivity index (χ2n) is 8.32. The average molecular weight is 454 g/mol. The van der Waals surface area contributed by atoms with Gasteiger partial charge in [-0.05, 0) is 59.3 Å². The molecule has 3 aromatic heterocycles. The molecule has 0 radical (unpaired) electrons. The van der Waals surface area contributed by atoms with Crippen molar-refractivity contribution in [1.29, 1.82) is 0 Å². The summed E-state index contributed by atoms with van der Waals surface area (Å²) in [6.07, 6.45) is 5.01. The van der Waals surface area contributed by atoms with Gasteiger partial charge in [0.2, 0.25) is 0 Å². The third-order valence-electron chi connectivity index (χ3n) is 5.64. The number of benzene rings is 1. The Morgan fingerprint density at radius 2 is 1.93 bits per heavy atom. The van der Waals surface area contributed by atoms with E-state index in [9.17, 15) is 4.79 Å². The molecule has 0 N–H and O–H groups in total. The molecule has 1 aromatic carbocycles. The van der Waals surface area contributed by atoms with Gasteiger partial charge in [-0.3, -0.25) is 9.13 Å². The number of hydrogen-bond donors (Lipinski definition) is 0. The van der Waals surface area contributed by atoms with Crippen molar-refractivity contribution < 1.29 is 0 Å². The minimum absolute atomic E-state index is 0.0605. The molecular weight excluding hydrogens is 430 g/mol. The van der Waals surface area contributed by atoms with Gasteiger partial charge in [0, 0.05) is 23.3 Å². The molecule has 7 heteroatoms. The average Bonchev–Trinajstić information content (AvgIpc) is 3.41. The summed E-state index contributed by atoms with van der Waals surface area (Å²) in [7, 11) is 0. The highest BCUT2D eigenvalue weighted by atomic mass is 79.9. The third kappa shape index (κ3) is 3.31. The van der Waals surface area contributed by atoms with Crippen LogP contribution in [0, 0.1) is 5.92 Å². The van der Waals surface area contributed by atoms with Crippen LogP contribution in [0.25, 0.3) is 22.2 Å². The van der Waals surface area contributed by atoms with E-state index in [1.54, 1.807) is 0 Å². The normalized spacial score (nSPS) is 14.5. The fourth-order valence-electron chi connectivity index (χ4n) is 3.99. The fraction of sp³-hybridized carbons (Fsp3) is 0.409. The van der Waals surface area contributed by atoms with E-state index in [0.717, 1.165) is 58.3 Å². The third-order valence-corrected chi connectivity index (χ3v) is 6.07. The lowest BCUT2D eigenvalue weighted by atomic mass is 10.1. The fourth-order valence-corrected chi connectivity index (χ4v) is 4.31. The Morgan fingerprint density at radius 3 is 2.66 bits per heavy atom. The van der Waals surface area contributed by atoms with E-state index in [1.807, 2.05) is 45.7 Å². The van der Waals surface area contributed by atoms with E-state index >= 15 is 0 Å². The van der Waals surface area contributed by atoms with E-state index in [0.29, 0.717) is 18.5 Å². The summed E-state index contributed by atoms with van der Waals surface area (Å²) < 4.78 is 6.92. The Bertz CT molecular complexity index is 1260. The number of imidazole rings is 2. The van der Waals surface area contributed by atoms with Crippen LogP contribution >= 0.6 is 15.9 Å². The lowest BCUT2D eigenvalue weighted by molar-refractivity contribution is 0.505. The Balaban J connectivity index is 1.65. The molecule has 0 saturated heterocycles. The lowest BCUT2D eigenvalue weighted by Gasteiger charge is -2.11. The van der Waals surface area contributed by atoms with Gasteiger partial charge in [0.15, 0.2) is 5.65 Å². The quantitative estimate of drug-likeness (QED) is 0.423. The molecule has 150 valence electrons. The minimum Gasteiger partial charge on any atom is -0.311 e. The molecule has 29 heavy (non-hydrogen) atoms. The van der Waals surface area contributed by atoms with Crippen molar-refractivity contribution >= 4 is 38.1 Å². The van der Waals surface area contributed by atoms with Crippen LogP contribution in [0.15, 0.2) is 45.8 Å². The highest BCUT2D eigenvalue weighted by Crippen LogP contribution is 2.36. The summed E-state index contributed by atoms with van der Waals surface area (Å²) in [5.74, 6) is 1.46. The van der Waals surface area contributed by atoms with E-state index in [2.05, 4.69) is 39.3 Å². The summed E-state index contributed by atoms with van der Waals surface area (Å²) in [6.45, 7) is 5.73. The van der Waals surface area contributed by atoms with Gasteiger partial charge in [-0.1, -0.05) is 26.0 Å². The molecule has 1 saturated carbocycles. The van der Waals surface area contributed by atoms with Gasteiger partial charge < -0.3 is 4.57 Å². The first-order chi connectivity index (χ1) is 14.0. The van der Waals surface area contributed by atoms with E-state index in [4.69, 9.17) is 4.98 Å². The molecule has 1 aliphatic rings. The van der Waals surface area contributed by atoms with Gasteiger partial charge in [-0.25, -0.2) is 14.8 Å². The number of halogens is 1. The topological polar surface area (TPSA) is 57.6 Å². The minimum atomic E-state index is 0.0605. The van der Waals surface area contributed by atoms with Crippen molar-refractivity contribution in [2.75, 3.05) is 0 Å². The van der Waals surface area contributed by atoms with Crippen LogP contribution in [-0.2, 0) is 13.1 Å². The summed E-state index contributed by atoms with van der Waals surface area (Å²) in [5, 5.41) is 0. The summed E-state index contributed by atoms with van der Waals surface area (Å²) in [5.41, 5.74) is 3.79. The van der Waals surface area contributed by atoms with Crippen molar-refractivity contribution in [2.45, 2.75) is 52.2 Å². The van der Waals surface area contributed by atoms with Crippen molar-refractivity contribution in [2.24, 2.45) is 5.92 Å². The van der Waals surface area contributed by atoms with E-state index in [-0.39, 0.29) is 5.69 Å². The molecule has 6 nitrogen and oxygen atoms in total. The number of para-hydroxylation sites is 2. The maximum absolute atomic E-state index is 13.3. The predicted octanol–water partition coefficient (Wildman–Crippen LogP) is 4.74. The van der Waals surface area contributed by atoms with Crippen LogP contribution in [0.1, 0.15) is 45.0 Å². The Morgan fingerprint density at radius 1 is 1.17 bits per heavy atom. The number of aromatic nitrogens is 5. The lowest BCUT2D eigenvalue weighted by Crippen LogP contribution is -2.25. The molecule has 3 heterocycles. The monoisotopic (exact) mass is 453 g/mol. The smallest absolute Gasteiger partial charge is 0.311 e. The van der Waals surface area contributed by atoms with Crippen molar-refractivity contribution in [3.8, 4) is 0 Å². The SMILES string of the molecule is CC(C)CCn1c(Cn2c(=O)n(C3CC3)c3ccccc32)nc2cc(Br)cnc21. The molecule has 1 fully saturated rings. The van der Waals surface area contributed by atoms with Crippen molar-refractivity contribution in [1.82, 2.24) is 23.7 Å². The molecule has 0 unspecified atom stereocenters. The van der Waals surface area contributed by atoms with E-state index in [1.165, 1.54) is 0 Å². The van der Waals surface area contributed by atoms with Gasteiger partial charge in [0.25, 0.3) is 0 Å². The first-order valence-corrected chi connectivity index (χ1v) is 11.0. The highest BCUT2D eigenvalue weighted by molar-refractivity contribution is 9.10. The Hall–Kier alpha value is -2.41. The zero-order chi connectivity index (χ0) is 20.1. The molecule has 0 aliphatic heterocycles. The maximum atomic E-state index is 13.3. The maximum Gasteiger partial charge on any atom is 0.329 e. The summed E-state index contributed by atoms with van der Waals surface area (Å²) in [6, 6.07) is 10.4. The summed E-state index contributed by atoms with van der Waals surface area (Å²) in [4.78, 5) is 22.8. The second-order valence-corrected chi connectivity index (χ2v) is 9.23. The molecule has 5 rings (SSSR count). The Labute approximate surface area is 177 Å². The molecular formula is C22H24BrN5O. The number of aryl methyl sites for hydroxylation is 1. The van der Waals surface area contributed by atoms with Crippen LogP contribution in [0.4, 0.5) is 0 Å². The first-order valence-electron chi connectivity index (χ1n) is 10.2. The second kappa shape index (κ2) is 7.13. The van der Waals surface area contributed by atoms with Crippen LogP contribution in [0.3, 0.4) is 0 Å². The van der Waals surface area contributed by atoms with Gasteiger partial charge in [-0.15, -0.1) is 0 Å². The number of pyridine rings is 1. The van der Waals surface area contributed by atoms with Crippen LogP contribution < -0.4 is 5.69 Å². The van der Waals surface area contributed by atoms with Crippen LogP contribution in [0.5, 0.6) is 0 Å². The molecule has 0 bridgehead atoms. The zero-order valence-corrected chi connectivity index (χ0v) is 18.3. The van der Waals surface area contributed by atoms with Crippen molar-refractivity contribution in [3.05, 3.63) is 57.3 Å². The van der Waals surface area contributed by atoms with Crippen molar-refractivity contribution in [3.63, 3.8) is 0 Å². The number of nitrogens with zero attached hydrogens (tertiary/aromatic N) is 5. The molecule has 0 spiro atoms. The molecule has 1 aliphatic carbocycles. The predicted molar refractivity (Wildman–Crippen MR) is 118 cm³/mol. The van der Waals surface area contributed by atoms with Crippen LogP contribution in [0.2, 0.25) is 0 Å². The van der Waals surface area contributed by atoms with Gasteiger partial charge in [-0.2, -0.15) is 0 Å². The number of hydrogen-bond acceptors (Lipinski definition) is 3. The highest BCUT2D eigenvalue weighted by Gasteiger charge is 2.29. The zero-order valence-electron chi connectivity index (χ0n) is 16.7. The number of fused-ring (bicyclic) bond motifs is 2.